The van der Waals surface area contributed by atoms with E-state index in [1.54, 1.807) is 18.5 Å². The molecule has 122 valence electrons. The summed E-state index contributed by atoms with van der Waals surface area (Å²) in [5.41, 5.74) is 10.4. The van der Waals surface area contributed by atoms with Gasteiger partial charge in [-0.2, -0.15) is 0 Å². The smallest absolute Gasteiger partial charge is 0.226 e. The van der Waals surface area contributed by atoms with E-state index in [0.717, 1.165) is 22.4 Å². The molecular formula is C20H16N4O. The van der Waals surface area contributed by atoms with Crippen molar-refractivity contribution < 1.29 is 4.42 Å². The maximum absolute atomic E-state index is 5.99. The molecule has 3 aromatic heterocycles. The van der Waals surface area contributed by atoms with Crippen LogP contribution in [0.2, 0.25) is 0 Å². The average molecular weight is 328 g/mol. The highest BCUT2D eigenvalue weighted by atomic mass is 16.4. The Balaban J connectivity index is 1.75. The average Bonchev–Trinajstić information content (AvgIpc) is 3.12. The lowest BCUT2D eigenvalue weighted by Crippen LogP contribution is -1.94. The molecule has 0 saturated heterocycles. The van der Waals surface area contributed by atoms with Crippen molar-refractivity contribution in [3.63, 3.8) is 0 Å². The minimum Gasteiger partial charge on any atom is -0.434 e. The van der Waals surface area contributed by atoms with Gasteiger partial charge in [-0.15, -0.1) is 0 Å². The van der Waals surface area contributed by atoms with Crippen LogP contribution in [0, 0.1) is 6.92 Å². The number of pyridine rings is 2. The van der Waals surface area contributed by atoms with Crippen molar-refractivity contribution in [2.75, 3.05) is 5.73 Å². The molecule has 0 spiro atoms. The zero-order valence-electron chi connectivity index (χ0n) is 13.7. The van der Waals surface area contributed by atoms with Gasteiger partial charge in [0.25, 0.3) is 0 Å². The molecule has 0 atom stereocenters. The second kappa shape index (κ2) is 6.20. The molecule has 1 aromatic carbocycles. The van der Waals surface area contributed by atoms with Gasteiger partial charge in [-0.1, -0.05) is 18.2 Å². The summed E-state index contributed by atoms with van der Waals surface area (Å²) in [4.78, 5) is 13.1. The largest absolute Gasteiger partial charge is 0.434 e. The van der Waals surface area contributed by atoms with Crippen LogP contribution in [0.1, 0.15) is 5.56 Å². The highest BCUT2D eigenvalue weighted by molar-refractivity contribution is 5.70. The predicted octanol–water partition coefficient (Wildman–Crippen LogP) is 4.36. The first-order valence-corrected chi connectivity index (χ1v) is 7.91. The SMILES string of the molecule is Cc1ccnc(-c2cc(N)nc(-c3cnc(-c4ccccc4)o3)c2)c1. The van der Waals surface area contributed by atoms with E-state index in [0.29, 0.717) is 23.2 Å². The molecule has 4 aromatic rings. The number of oxazole rings is 1. The van der Waals surface area contributed by atoms with Crippen molar-refractivity contribution >= 4 is 5.82 Å². The lowest BCUT2D eigenvalue weighted by Gasteiger charge is -2.05. The van der Waals surface area contributed by atoms with E-state index in [4.69, 9.17) is 10.2 Å². The number of hydrogen-bond donors (Lipinski definition) is 1. The number of nitrogens with zero attached hydrogens (tertiary/aromatic N) is 3. The first kappa shape index (κ1) is 15.1. The Morgan fingerprint density at radius 1 is 0.880 bits per heavy atom. The maximum atomic E-state index is 5.99. The molecule has 3 heterocycles. The second-order valence-electron chi connectivity index (χ2n) is 5.78. The Morgan fingerprint density at radius 2 is 1.72 bits per heavy atom. The van der Waals surface area contributed by atoms with Gasteiger partial charge in [0.1, 0.15) is 11.5 Å². The summed E-state index contributed by atoms with van der Waals surface area (Å²) in [6.07, 6.45) is 3.44. The van der Waals surface area contributed by atoms with Gasteiger partial charge >= 0.3 is 0 Å². The van der Waals surface area contributed by atoms with Crippen molar-refractivity contribution in [1.82, 2.24) is 15.0 Å². The van der Waals surface area contributed by atoms with E-state index in [9.17, 15) is 0 Å². The topological polar surface area (TPSA) is 77.8 Å². The van der Waals surface area contributed by atoms with E-state index < -0.39 is 0 Å². The number of anilines is 1. The quantitative estimate of drug-likeness (QED) is 0.604. The summed E-state index contributed by atoms with van der Waals surface area (Å²) >= 11 is 0. The highest BCUT2D eigenvalue weighted by Crippen LogP contribution is 2.29. The van der Waals surface area contributed by atoms with Crippen molar-refractivity contribution in [3.8, 4) is 34.2 Å². The van der Waals surface area contributed by atoms with Crippen LogP contribution >= 0.6 is 0 Å². The Labute approximate surface area is 145 Å². The van der Waals surface area contributed by atoms with Crippen LogP contribution < -0.4 is 5.73 Å². The van der Waals surface area contributed by atoms with E-state index in [1.165, 1.54) is 0 Å². The molecule has 0 fully saturated rings. The van der Waals surface area contributed by atoms with Crippen LogP contribution in [0.3, 0.4) is 0 Å². The normalized spacial score (nSPS) is 10.8. The van der Waals surface area contributed by atoms with E-state index in [2.05, 4.69) is 15.0 Å². The fourth-order valence-electron chi connectivity index (χ4n) is 2.63. The molecule has 0 aliphatic carbocycles. The van der Waals surface area contributed by atoms with Gasteiger partial charge < -0.3 is 10.2 Å². The summed E-state index contributed by atoms with van der Waals surface area (Å²) in [7, 11) is 0. The first-order valence-electron chi connectivity index (χ1n) is 7.91. The van der Waals surface area contributed by atoms with Crippen LogP contribution in [0.4, 0.5) is 5.82 Å². The fraction of sp³-hybridized carbons (Fsp3) is 0.0500. The number of nitrogen functional groups attached to an aromatic ring is 1. The van der Waals surface area contributed by atoms with Crippen LogP contribution in [0.15, 0.2) is 71.4 Å². The Bertz CT molecular complexity index is 1020. The van der Waals surface area contributed by atoms with Crippen LogP contribution in [-0.2, 0) is 0 Å². The van der Waals surface area contributed by atoms with Gasteiger partial charge in [0.05, 0.1) is 11.9 Å². The predicted molar refractivity (Wildman–Crippen MR) is 97.6 cm³/mol. The van der Waals surface area contributed by atoms with E-state index >= 15 is 0 Å². The van der Waals surface area contributed by atoms with Crippen LogP contribution in [0.25, 0.3) is 34.2 Å². The standard InChI is InChI=1S/C20H16N4O/c1-13-7-8-22-16(9-13)15-10-17(24-19(21)11-15)18-12-23-20(25-18)14-5-3-2-4-6-14/h2-12H,1H3,(H2,21,24). The zero-order valence-corrected chi connectivity index (χ0v) is 13.7. The number of benzene rings is 1. The maximum Gasteiger partial charge on any atom is 0.226 e. The van der Waals surface area contributed by atoms with Gasteiger partial charge in [0, 0.05) is 17.3 Å². The van der Waals surface area contributed by atoms with Crippen molar-refractivity contribution in [2.24, 2.45) is 0 Å². The summed E-state index contributed by atoms with van der Waals surface area (Å²) in [5.74, 6) is 1.53. The van der Waals surface area contributed by atoms with Crippen molar-refractivity contribution in [3.05, 3.63) is 72.6 Å². The molecule has 0 aliphatic heterocycles. The zero-order chi connectivity index (χ0) is 17.2. The van der Waals surface area contributed by atoms with E-state index in [1.807, 2.05) is 55.5 Å². The molecule has 0 amide bonds. The number of hydrogen-bond acceptors (Lipinski definition) is 5. The summed E-state index contributed by atoms with van der Waals surface area (Å²) in [6.45, 7) is 2.03. The lowest BCUT2D eigenvalue weighted by molar-refractivity contribution is 0.587. The minimum absolute atomic E-state index is 0.411. The molecule has 0 saturated carbocycles. The number of rotatable bonds is 3. The first-order chi connectivity index (χ1) is 12.2. The minimum atomic E-state index is 0.411. The Hall–Kier alpha value is -3.47. The van der Waals surface area contributed by atoms with Crippen LogP contribution in [0.5, 0.6) is 0 Å². The molecular weight excluding hydrogens is 312 g/mol. The van der Waals surface area contributed by atoms with Crippen LogP contribution in [-0.4, -0.2) is 15.0 Å². The molecule has 5 nitrogen and oxygen atoms in total. The third-order valence-electron chi connectivity index (χ3n) is 3.84. The molecule has 0 radical (unpaired) electrons. The Morgan fingerprint density at radius 3 is 2.52 bits per heavy atom. The summed E-state index contributed by atoms with van der Waals surface area (Å²) in [6, 6.07) is 17.4. The number of aryl methyl sites for hydroxylation is 1. The van der Waals surface area contributed by atoms with Crippen molar-refractivity contribution in [1.29, 1.82) is 0 Å². The van der Waals surface area contributed by atoms with E-state index in [-0.39, 0.29) is 0 Å². The van der Waals surface area contributed by atoms with Gasteiger partial charge in [-0.3, -0.25) is 4.98 Å². The van der Waals surface area contributed by atoms with Gasteiger partial charge in [0.15, 0.2) is 5.76 Å². The molecule has 0 bridgehead atoms. The number of nitrogens with two attached hydrogens (primary N) is 1. The summed E-state index contributed by atoms with van der Waals surface area (Å²) in [5, 5.41) is 0. The number of aromatic nitrogens is 3. The molecule has 0 aliphatic rings. The Kier molecular flexibility index (Phi) is 3.74. The third kappa shape index (κ3) is 3.12. The second-order valence-corrected chi connectivity index (χ2v) is 5.78. The molecule has 4 rings (SSSR count). The van der Waals surface area contributed by atoms with Gasteiger partial charge in [-0.25, -0.2) is 9.97 Å². The monoisotopic (exact) mass is 328 g/mol. The van der Waals surface area contributed by atoms with Gasteiger partial charge in [-0.05, 0) is 48.9 Å². The summed E-state index contributed by atoms with van der Waals surface area (Å²) < 4.78 is 5.88. The molecule has 5 heteroatoms. The van der Waals surface area contributed by atoms with Gasteiger partial charge in [0.2, 0.25) is 5.89 Å². The molecule has 0 unspecified atom stereocenters. The third-order valence-corrected chi connectivity index (χ3v) is 3.84. The fourth-order valence-corrected chi connectivity index (χ4v) is 2.63. The molecule has 25 heavy (non-hydrogen) atoms. The highest BCUT2D eigenvalue weighted by Gasteiger charge is 2.12. The van der Waals surface area contributed by atoms with Crippen molar-refractivity contribution in [2.45, 2.75) is 6.92 Å². The molecule has 2 N–H and O–H groups in total. The lowest BCUT2D eigenvalue weighted by atomic mass is 10.1.